The molecule has 1 unspecified atom stereocenters. The summed E-state index contributed by atoms with van der Waals surface area (Å²) in [5.41, 5.74) is 6.71. The van der Waals surface area contributed by atoms with Gasteiger partial charge in [0.05, 0.1) is 12.0 Å². The number of hydrogen-bond acceptors (Lipinski definition) is 3. The molecule has 0 spiro atoms. The first kappa shape index (κ1) is 14.0. The maximum absolute atomic E-state index is 12.2. The van der Waals surface area contributed by atoms with Crippen molar-refractivity contribution in [2.24, 2.45) is 5.73 Å². The van der Waals surface area contributed by atoms with Crippen molar-refractivity contribution in [1.29, 1.82) is 0 Å². The summed E-state index contributed by atoms with van der Waals surface area (Å²) in [5.74, 6) is -0.235. The van der Waals surface area contributed by atoms with E-state index in [4.69, 9.17) is 10.5 Å². The number of amides is 1. The van der Waals surface area contributed by atoms with Gasteiger partial charge in [-0.3, -0.25) is 4.79 Å². The van der Waals surface area contributed by atoms with E-state index in [0.29, 0.717) is 12.6 Å². The molecule has 0 heterocycles. The average Bonchev–Trinajstić information content (AvgIpc) is 2.38. The molecule has 1 aliphatic carbocycles. The summed E-state index contributed by atoms with van der Waals surface area (Å²) in [6.07, 6.45) is 2.13. The molecule has 104 valence electrons. The zero-order valence-corrected chi connectivity index (χ0v) is 11.3. The lowest BCUT2D eigenvalue weighted by molar-refractivity contribution is -0.125. The fourth-order valence-corrected chi connectivity index (χ4v) is 2.44. The summed E-state index contributed by atoms with van der Waals surface area (Å²) in [7, 11) is 0. The Labute approximate surface area is 114 Å². The lowest BCUT2D eigenvalue weighted by Crippen LogP contribution is -2.49. The van der Waals surface area contributed by atoms with Crippen molar-refractivity contribution in [2.75, 3.05) is 13.2 Å². The van der Waals surface area contributed by atoms with Gasteiger partial charge < -0.3 is 15.8 Å². The van der Waals surface area contributed by atoms with E-state index in [1.807, 2.05) is 37.3 Å². The van der Waals surface area contributed by atoms with Crippen molar-refractivity contribution in [1.82, 2.24) is 5.32 Å². The smallest absolute Gasteiger partial charge is 0.229 e. The van der Waals surface area contributed by atoms with Crippen LogP contribution in [0.3, 0.4) is 0 Å². The maximum Gasteiger partial charge on any atom is 0.229 e. The normalized spacial score (nSPS) is 23.5. The van der Waals surface area contributed by atoms with Crippen LogP contribution in [0.2, 0.25) is 0 Å². The topological polar surface area (TPSA) is 64.3 Å². The minimum atomic E-state index is -0.257. The molecule has 1 amide bonds. The monoisotopic (exact) mass is 262 g/mol. The van der Waals surface area contributed by atoms with Gasteiger partial charge in [-0.2, -0.15) is 0 Å². The molecule has 1 aliphatic rings. The first-order chi connectivity index (χ1) is 9.24. The third-order valence-corrected chi connectivity index (χ3v) is 3.60. The van der Waals surface area contributed by atoms with E-state index in [-0.39, 0.29) is 17.9 Å². The molecule has 3 N–H and O–H groups in total. The lowest BCUT2D eigenvalue weighted by Gasteiger charge is -2.36. The fraction of sp³-hybridized carbons (Fsp3) is 0.533. The molecule has 1 fully saturated rings. The molecule has 1 atom stereocenters. The summed E-state index contributed by atoms with van der Waals surface area (Å²) >= 11 is 0. The Kier molecular flexibility index (Phi) is 4.93. The minimum absolute atomic E-state index is 0.0219. The highest BCUT2D eigenvalue weighted by Crippen LogP contribution is 2.24. The second kappa shape index (κ2) is 6.68. The van der Waals surface area contributed by atoms with Crippen LogP contribution in [0, 0.1) is 0 Å². The van der Waals surface area contributed by atoms with Crippen LogP contribution < -0.4 is 11.1 Å². The number of nitrogens with one attached hydrogen (secondary N) is 1. The van der Waals surface area contributed by atoms with E-state index in [0.717, 1.165) is 25.0 Å². The molecule has 2 rings (SSSR count). The highest BCUT2D eigenvalue weighted by molar-refractivity contribution is 5.84. The van der Waals surface area contributed by atoms with Crippen molar-refractivity contribution in [3.8, 4) is 0 Å². The summed E-state index contributed by atoms with van der Waals surface area (Å²) < 4.78 is 5.49. The highest BCUT2D eigenvalue weighted by Gasteiger charge is 2.32. The van der Waals surface area contributed by atoms with Gasteiger partial charge in [0.2, 0.25) is 5.91 Å². The maximum atomic E-state index is 12.2. The molecule has 0 aromatic heterocycles. The molecule has 0 aliphatic heterocycles. The molecular formula is C15H22N2O2. The van der Waals surface area contributed by atoms with Gasteiger partial charge in [-0.15, -0.1) is 0 Å². The van der Waals surface area contributed by atoms with Crippen LogP contribution >= 0.6 is 0 Å². The van der Waals surface area contributed by atoms with E-state index >= 15 is 0 Å². The zero-order valence-electron chi connectivity index (χ0n) is 11.3. The van der Waals surface area contributed by atoms with Gasteiger partial charge >= 0.3 is 0 Å². The van der Waals surface area contributed by atoms with Crippen LogP contribution in [0.25, 0.3) is 0 Å². The highest BCUT2D eigenvalue weighted by atomic mass is 16.5. The summed E-state index contributed by atoms with van der Waals surface area (Å²) in [5, 5.41) is 3.06. The zero-order chi connectivity index (χ0) is 13.7. The van der Waals surface area contributed by atoms with Gasteiger partial charge in [0, 0.05) is 19.2 Å². The minimum Gasteiger partial charge on any atom is -0.378 e. The van der Waals surface area contributed by atoms with Gasteiger partial charge in [-0.1, -0.05) is 30.3 Å². The number of ether oxygens (including phenoxy) is 1. The van der Waals surface area contributed by atoms with E-state index in [1.165, 1.54) is 0 Å². The molecule has 0 saturated heterocycles. The van der Waals surface area contributed by atoms with Gasteiger partial charge in [0.25, 0.3) is 0 Å². The van der Waals surface area contributed by atoms with Gasteiger partial charge in [-0.05, 0) is 25.3 Å². The van der Waals surface area contributed by atoms with Crippen LogP contribution in [-0.4, -0.2) is 31.2 Å². The first-order valence-electron chi connectivity index (χ1n) is 6.91. The largest absolute Gasteiger partial charge is 0.378 e. The molecular weight excluding hydrogens is 240 g/mol. The molecule has 4 nitrogen and oxygen atoms in total. The molecule has 1 saturated carbocycles. The van der Waals surface area contributed by atoms with E-state index in [9.17, 15) is 4.79 Å². The van der Waals surface area contributed by atoms with E-state index in [1.54, 1.807) is 0 Å². The Morgan fingerprint density at radius 1 is 1.42 bits per heavy atom. The Balaban J connectivity index is 1.85. The third kappa shape index (κ3) is 3.55. The number of nitrogens with two attached hydrogens (primary N) is 1. The second-order valence-electron chi connectivity index (χ2n) is 4.95. The first-order valence-corrected chi connectivity index (χ1v) is 6.91. The van der Waals surface area contributed by atoms with Crippen LogP contribution in [0.4, 0.5) is 0 Å². The number of rotatable bonds is 6. The standard InChI is InChI=1S/C15H22N2O2/c1-2-19-13-8-12(9-13)17-15(18)14(10-16)11-6-4-3-5-7-11/h3-7,12-14H,2,8-10,16H2,1H3,(H,17,18). The molecule has 19 heavy (non-hydrogen) atoms. The lowest BCUT2D eigenvalue weighted by atomic mass is 9.88. The van der Waals surface area contributed by atoms with Gasteiger partial charge in [-0.25, -0.2) is 0 Å². The fourth-order valence-electron chi connectivity index (χ4n) is 2.44. The van der Waals surface area contributed by atoms with Crippen molar-refractivity contribution >= 4 is 5.91 Å². The molecule has 1 aromatic rings. The SMILES string of the molecule is CCOC1CC(NC(=O)C(CN)c2ccccc2)C1. The second-order valence-corrected chi connectivity index (χ2v) is 4.95. The van der Waals surface area contributed by atoms with Crippen molar-refractivity contribution < 1.29 is 9.53 Å². The van der Waals surface area contributed by atoms with E-state index < -0.39 is 0 Å². The Morgan fingerprint density at radius 3 is 2.68 bits per heavy atom. The van der Waals surface area contributed by atoms with Crippen LogP contribution in [0.1, 0.15) is 31.2 Å². The molecule has 4 heteroatoms. The summed E-state index contributed by atoms with van der Waals surface area (Å²) in [6, 6.07) is 9.93. The van der Waals surface area contributed by atoms with Crippen LogP contribution in [0.5, 0.6) is 0 Å². The van der Waals surface area contributed by atoms with Crippen molar-refractivity contribution in [3.63, 3.8) is 0 Å². The Morgan fingerprint density at radius 2 is 2.11 bits per heavy atom. The van der Waals surface area contributed by atoms with Crippen LogP contribution in [-0.2, 0) is 9.53 Å². The number of hydrogen-bond donors (Lipinski definition) is 2. The predicted octanol–water partition coefficient (Wildman–Crippen LogP) is 1.41. The molecule has 0 bridgehead atoms. The number of carbonyl (C=O) groups is 1. The predicted molar refractivity (Wildman–Crippen MR) is 74.8 cm³/mol. The van der Waals surface area contributed by atoms with Gasteiger partial charge in [0.15, 0.2) is 0 Å². The Bertz CT molecular complexity index is 402. The summed E-state index contributed by atoms with van der Waals surface area (Å²) in [4.78, 5) is 12.2. The quantitative estimate of drug-likeness (QED) is 0.814. The van der Waals surface area contributed by atoms with Crippen LogP contribution in [0.15, 0.2) is 30.3 Å². The molecule has 1 aromatic carbocycles. The average molecular weight is 262 g/mol. The van der Waals surface area contributed by atoms with Crippen molar-refractivity contribution in [3.05, 3.63) is 35.9 Å². The summed E-state index contributed by atoms with van der Waals surface area (Å²) in [6.45, 7) is 3.06. The Hall–Kier alpha value is -1.39. The van der Waals surface area contributed by atoms with E-state index in [2.05, 4.69) is 5.32 Å². The van der Waals surface area contributed by atoms with Gasteiger partial charge in [0.1, 0.15) is 0 Å². The number of carbonyl (C=O) groups excluding carboxylic acids is 1. The number of benzene rings is 1. The molecule has 0 radical (unpaired) electrons. The third-order valence-electron chi connectivity index (χ3n) is 3.60. The van der Waals surface area contributed by atoms with Crippen molar-refractivity contribution in [2.45, 2.75) is 37.8 Å².